The summed E-state index contributed by atoms with van der Waals surface area (Å²) in [5, 5.41) is 0. The number of esters is 1. The van der Waals surface area contributed by atoms with Gasteiger partial charge >= 0.3 is 5.97 Å². The molecule has 1 aliphatic heterocycles. The fourth-order valence-corrected chi connectivity index (χ4v) is 1.99. The number of hydrogen-bond donors (Lipinski definition) is 0. The van der Waals surface area contributed by atoms with E-state index >= 15 is 0 Å². The van der Waals surface area contributed by atoms with Crippen molar-refractivity contribution < 1.29 is 23.8 Å². The van der Waals surface area contributed by atoms with Gasteiger partial charge in [-0.15, -0.1) is 13.2 Å². The average Bonchev–Trinajstić information content (AvgIpc) is 2.99. The lowest BCUT2D eigenvalue weighted by Crippen LogP contribution is -2.50. The van der Waals surface area contributed by atoms with E-state index in [1.807, 2.05) is 0 Å². The third-order valence-electron chi connectivity index (χ3n) is 3.07. The van der Waals surface area contributed by atoms with Gasteiger partial charge in [0, 0.05) is 25.1 Å². The molecule has 0 bridgehead atoms. The van der Waals surface area contributed by atoms with E-state index in [2.05, 4.69) is 19.7 Å². The van der Waals surface area contributed by atoms with Crippen molar-refractivity contribution in [2.75, 3.05) is 26.3 Å². The van der Waals surface area contributed by atoms with Crippen molar-refractivity contribution in [3.05, 3.63) is 49.8 Å². The van der Waals surface area contributed by atoms with Crippen LogP contribution in [0.25, 0.3) is 0 Å². The fourth-order valence-electron chi connectivity index (χ4n) is 1.99. The Labute approximate surface area is 136 Å². The van der Waals surface area contributed by atoms with Gasteiger partial charge in [0.15, 0.2) is 0 Å². The summed E-state index contributed by atoms with van der Waals surface area (Å²) in [4.78, 5) is 25.5. The van der Waals surface area contributed by atoms with E-state index in [9.17, 15) is 9.59 Å². The van der Waals surface area contributed by atoms with Crippen molar-refractivity contribution >= 4 is 11.9 Å². The van der Waals surface area contributed by atoms with E-state index in [1.54, 1.807) is 25.2 Å². The van der Waals surface area contributed by atoms with Crippen molar-refractivity contribution in [1.29, 1.82) is 0 Å². The number of hydrogen-bond acceptors (Lipinski definition) is 5. The van der Waals surface area contributed by atoms with Crippen molar-refractivity contribution in [2.45, 2.75) is 19.1 Å². The number of nitrogens with zero attached hydrogens (tertiary/aromatic N) is 1. The van der Waals surface area contributed by atoms with Gasteiger partial charge in [-0.2, -0.15) is 0 Å². The standard InChI is InChI=1S/C17H23NO5/c1-5-8-17(22-12-13-23-17)16(20)18(9-6-2)10-7-11-21-15(19)14(3)4/h5-7,11H,1-3,8-10,12-13H2,4H3. The summed E-state index contributed by atoms with van der Waals surface area (Å²) in [5.74, 6) is -2.16. The second-order valence-electron chi connectivity index (χ2n) is 5.00. The second kappa shape index (κ2) is 9.07. The Morgan fingerprint density at radius 1 is 1.22 bits per heavy atom. The van der Waals surface area contributed by atoms with Gasteiger partial charge in [-0.25, -0.2) is 4.79 Å². The van der Waals surface area contributed by atoms with Gasteiger partial charge in [0.2, 0.25) is 0 Å². The highest BCUT2D eigenvalue weighted by Crippen LogP contribution is 2.26. The molecular formula is C17H23NO5. The molecule has 6 nitrogen and oxygen atoms in total. The smallest absolute Gasteiger partial charge is 0.337 e. The maximum absolute atomic E-state index is 12.7. The predicted molar refractivity (Wildman–Crippen MR) is 86.3 cm³/mol. The Kier molecular flexibility index (Phi) is 7.44. The summed E-state index contributed by atoms with van der Waals surface area (Å²) in [6.45, 7) is 13.6. The molecule has 0 radical (unpaired) electrons. The Balaban J connectivity index is 2.72. The van der Waals surface area contributed by atoms with Crippen molar-refractivity contribution in [3.8, 4) is 0 Å². The summed E-state index contributed by atoms with van der Waals surface area (Å²) in [5.41, 5.74) is 0.298. The minimum Gasteiger partial charge on any atom is -0.431 e. The minimum absolute atomic E-state index is 0.222. The molecule has 1 aliphatic rings. The molecule has 1 saturated heterocycles. The van der Waals surface area contributed by atoms with Gasteiger partial charge in [-0.3, -0.25) is 4.79 Å². The highest BCUT2D eigenvalue weighted by Gasteiger charge is 2.45. The van der Waals surface area contributed by atoms with Crippen LogP contribution in [0.3, 0.4) is 0 Å². The van der Waals surface area contributed by atoms with Crippen LogP contribution in [0.15, 0.2) is 49.8 Å². The highest BCUT2D eigenvalue weighted by atomic mass is 16.7. The summed E-state index contributed by atoms with van der Waals surface area (Å²) in [7, 11) is 0. The first-order valence-electron chi connectivity index (χ1n) is 7.27. The van der Waals surface area contributed by atoms with E-state index in [0.717, 1.165) is 0 Å². The molecule has 23 heavy (non-hydrogen) atoms. The van der Waals surface area contributed by atoms with Crippen molar-refractivity contribution in [2.24, 2.45) is 0 Å². The molecule has 1 rings (SSSR count). The zero-order valence-electron chi connectivity index (χ0n) is 13.5. The molecule has 0 aromatic carbocycles. The van der Waals surface area contributed by atoms with Crippen LogP contribution in [0.2, 0.25) is 0 Å². The van der Waals surface area contributed by atoms with Gasteiger partial charge in [-0.05, 0) is 13.0 Å². The largest absolute Gasteiger partial charge is 0.431 e. The first-order valence-corrected chi connectivity index (χ1v) is 7.27. The topological polar surface area (TPSA) is 65.1 Å². The lowest BCUT2D eigenvalue weighted by molar-refractivity contribution is -0.191. The molecule has 1 heterocycles. The van der Waals surface area contributed by atoms with E-state index in [-0.39, 0.29) is 18.9 Å². The molecule has 0 aromatic heterocycles. The Morgan fingerprint density at radius 2 is 1.87 bits per heavy atom. The molecule has 0 aliphatic carbocycles. The Morgan fingerprint density at radius 3 is 2.39 bits per heavy atom. The molecule has 1 amide bonds. The van der Waals surface area contributed by atoms with Crippen LogP contribution in [0.5, 0.6) is 0 Å². The molecule has 0 saturated carbocycles. The maximum atomic E-state index is 12.7. The SMILES string of the molecule is C=CCN(CC=COC(=O)C(=C)C)C(=O)C1(CC=C)OCCO1. The normalized spacial score (nSPS) is 16.0. The molecule has 6 heteroatoms. The van der Waals surface area contributed by atoms with Crippen molar-refractivity contribution in [1.82, 2.24) is 4.90 Å². The Hall–Kier alpha value is -2.18. The molecule has 0 atom stereocenters. The number of amides is 1. The minimum atomic E-state index is -1.33. The van der Waals surface area contributed by atoms with Crippen molar-refractivity contribution in [3.63, 3.8) is 0 Å². The monoisotopic (exact) mass is 321 g/mol. The van der Waals surface area contributed by atoms with Gasteiger partial charge in [0.25, 0.3) is 11.7 Å². The molecular weight excluding hydrogens is 298 g/mol. The van der Waals surface area contributed by atoms with E-state index < -0.39 is 11.8 Å². The molecule has 0 aromatic rings. The lowest BCUT2D eigenvalue weighted by atomic mass is 10.1. The summed E-state index contributed by atoms with van der Waals surface area (Å²) >= 11 is 0. The predicted octanol–water partition coefficient (Wildman–Crippen LogP) is 1.95. The second-order valence-corrected chi connectivity index (χ2v) is 5.00. The maximum Gasteiger partial charge on any atom is 0.337 e. The zero-order valence-corrected chi connectivity index (χ0v) is 13.5. The highest BCUT2D eigenvalue weighted by molar-refractivity contribution is 5.87. The Bertz CT molecular complexity index is 503. The number of ether oxygens (including phenoxy) is 3. The first kappa shape index (κ1) is 18.9. The van der Waals surface area contributed by atoms with Gasteiger partial charge in [0.05, 0.1) is 19.5 Å². The third-order valence-corrected chi connectivity index (χ3v) is 3.07. The zero-order chi connectivity index (χ0) is 17.3. The fraction of sp³-hybridized carbons (Fsp3) is 0.412. The molecule has 0 unspecified atom stereocenters. The van der Waals surface area contributed by atoms with Gasteiger partial charge in [-0.1, -0.05) is 18.7 Å². The molecule has 0 N–H and O–H groups in total. The average molecular weight is 321 g/mol. The summed E-state index contributed by atoms with van der Waals surface area (Å²) < 4.78 is 15.9. The van der Waals surface area contributed by atoms with Crippen LogP contribution in [-0.4, -0.2) is 48.9 Å². The van der Waals surface area contributed by atoms with Crippen LogP contribution >= 0.6 is 0 Å². The van der Waals surface area contributed by atoms with E-state index in [1.165, 1.54) is 11.2 Å². The van der Waals surface area contributed by atoms with Crippen LogP contribution in [0.1, 0.15) is 13.3 Å². The number of carbonyl (C=O) groups excluding carboxylic acids is 2. The van der Waals surface area contributed by atoms with E-state index in [4.69, 9.17) is 14.2 Å². The quantitative estimate of drug-likeness (QED) is 0.281. The van der Waals surface area contributed by atoms with Gasteiger partial charge in [0.1, 0.15) is 0 Å². The number of rotatable bonds is 9. The third kappa shape index (κ3) is 5.19. The molecule has 0 spiro atoms. The summed E-state index contributed by atoms with van der Waals surface area (Å²) in [6.07, 6.45) is 6.23. The van der Waals surface area contributed by atoms with E-state index in [0.29, 0.717) is 25.3 Å². The van der Waals surface area contributed by atoms with Gasteiger partial charge < -0.3 is 19.1 Å². The van der Waals surface area contributed by atoms with Crippen LogP contribution in [0, 0.1) is 0 Å². The van der Waals surface area contributed by atoms with Crippen LogP contribution < -0.4 is 0 Å². The molecule has 1 fully saturated rings. The molecule has 126 valence electrons. The number of carbonyl (C=O) groups is 2. The van der Waals surface area contributed by atoms with Crippen LogP contribution in [-0.2, 0) is 23.8 Å². The lowest BCUT2D eigenvalue weighted by Gasteiger charge is -2.31. The van der Waals surface area contributed by atoms with Crippen LogP contribution in [0.4, 0.5) is 0 Å². The summed E-state index contributed by atoms with van der Waals surface area (Å²) in [6, 6.07) is 0. The first-order chi connectivity index (χ1) is 11.0.